The molecule has 0 fully saturated rings. The average Bonchev–Trinajstić information content (AvgIpc) is 3.20. The lowest BCUT2D eigenvalue weighted by Gasteiger charge is -2.06. The second kappa shape index (κ2) is 8.37. The van der Waals surface area contributed by atoms with E-state index < -0.39 is 5.91 Å². The van der Waals surface area contributed by atoms with Crippen LogP contribution < -0.4 is 10.2 Å². The molecule has 0 bridgehead atoms. The van der Waals surface area contributed by atoms with Crippen molar-refractivity contribution in [3.63, 3.8) is 0 Å². The Bertz CT molecular complexity index is 1320. The Kier molecular flexibility index (Phi) is 5.46. The maximum atomic E-state index is 12.5. The van der Waals surface area contributed by atoms with Gasteiger partial charge in [0.25, 0.3) is 5.91 Å². The number of para-hydroxylation sites is 1. The third-order valence-corrected chi connectivity index (χ3v) is 5.00. The van der Waals surface area contributed by atoms with Gasteiger partial charge in [0.2, 0.25) is 0 Å². The fourth-order valence-corrected chi connectivity index (χ4v) is 3.21. The number of halogens is 1. The molecular weight excluding hydrogens is 420 g/mol. The fraction of sp³-hybridized carbons (Fsp3) is 0.0455. The summed E-state index contributed by atoms with van der Waals surface area (Å²) < 4.78 is 4.98. The number of hydrogen-bond donors (Lipinski definition) is 4. The molecule has 0 saturated heterocycles. The summed E-state index contributed by atoms with van der Waals surface area (Å²) in [6, 6.07) is 15.0. The van der Waals surface area contributed by atoms with E-state index in [4.69, 9.17) is 16.3 Å². The number of carbonyl (C=O) groups excluding carboxylic acids is 1. The van der Waals surface area contributed by atoms with Gasteiger partial charge in [0, 0.05) is 11.1 Å². The zero-order valence-corrected chi connectivity index (χ0v) is 17.0. The number of aromatic hydroxyl groups is 2. The Hall–Kier alpha value is -4.04. The van der Waals surface area contributed by atoms with Crippen molar-refractivity contribution in [2.75, 3.05) is 7.11 Å². The minimum Gasteiger partial charge on any atom is -0.507 e. The monoisotopic (exact) mass is 436 g/mol. The summed E-state index contributed by atoms with van der Waals surface area (Å²) in [5.41, 5.74) is 5.05. The van der Waals surface area contributed by atoms with Gasteiger partial charge in [0.1, 0.15) is 11.6 Å². The van der Waals surface area contributed by atoms with Crippen molar-refractivity contribution >= 4 is 34.8 Å². The smallest absolute Gasteiger partial charge is 0.271 e. The number of phenols is 2. The first kappa shape index (κ1) is 20.2. The molecule has 0 aliphatic carbocycles. The summed E-state index contributed by atoms with van der Waals surface area (Å²) >= 11 is 6.08. The molecule has 1 heterocycles. The molecule has 9 heteroatoms. The van der Waals surface area contributed by atoms with Gasteiger partial charge < -0.3 is 19.9 Å². The third-order valence-electron chi connectivity index (χ3n) is 4.60. The fourth-order valence-electron chi connectivity index (χ4n) is 3.00. The Morgan fingerprint density at radius 2 is 2.00 bits per heavy atom. The number of nitrogens with zero attached hydrogens (tertiary/aromatic N) is 2. The SMILES string of the molecule is COc1ccc(/C=N/NC(=O)c2ccc3nc(-c4ccccc4O)[nH]c3c2)c(Cl)c1O. The lowest BCUT2D eigenvalue weighted by atomic mass is 10.2. The lowest BCUT2D eigenvalue weighted by Crippen LogP contribution is -2.17. The summed E-state index contributed by atoms with van der Waals surface area (Å²) in [5, 5.41) is 23.9. The highest BCUT2D eigenvalue weighted by atomic mass is 35.5. The number of rotatable bonds is 5. The van der Waals surface area contributed by atoms with Crippen molar-refractivity contribution < 1.29 is 19.7 Å². The molecule has 0 spiro atoms. The number of aromatic nitrogens is 2. The van der Waals surface area contributed by atoms with Gasteiger partial charge in [0.05, 0.1) is 34.9 Å². The summed E-state index contributed by atoms with van der Waals surface area (Å²) in [6.45, 7) is 0. The Balaban J connectivity index is 1.52. The van der Waals surface area contributed by atoms with Crippen LogP contribution in [0.2, 0.25) is 5.02 Å². The number of phenolic OH excluding ortho intramolecular Hbond substituents is 2. The van der Waals surface area contributed by atoms with Crippen molar-refractivity contribution in [2.24, 2.45) is 5.10 Å². The topological polar surface area (TPSA) is 120 Å². The van der Waals surface area contributed by atoms with Crippen molar-refractivity contribution in [3.05, 3.63) is 70.7 Å². The number of hydrogen-bond acceptors (Lipinski definition) is 6. The molecule has 1 amide bonds. The molecule has 0 aliphatic heterocycles. The maximum Gasteiger partial charge on any atom is 0.271 e. The van der Waals surface area contributed by atoms with Crippen LogP contribution in [0.1, 0.15) is 15.9 Å². The van der Waals surface area contributed by atoms with Crippen molar-refractivity contribution in [2.45, 2.75) is 0 Å². The molecule has 31 heavy (non-hydrogen) atoms. The Morgan fingerprint density at radius 3 is 2.77 bits per heavy atom. The highest BCUT2D eigenvalue weighted by Crippen LogP contribution is 2.35. The number of amides is 1. The van der Waals surface area contributed by atoms with E-state index >= 15 is 0 Å². The Morgan fingerprint density at radius 1 is 1.19 bits per heavy atom. The molecule has 3 aromatic carbocycles. The average molecular weight is 437 g/mol. The first-order valence-electron chi connectivity index (χ1n) is 9.15. The molecule has 0 unspecified atom stereocenters. The second-order valence-corrected chi connectivity index (χ2v) is 6.93. The van der Waals surface area contributed by atoms with Crippen LogP contribution in [0.5, 0.6) is 17.2 Å². The van der Waals surface area contributed by atoms with Crippen LogP contribution in [-0.2, 0) is 0 Å². The predicted octanol–water partition coefficient (Wildman–Crippen LogP) is 4.07. The molecule has 1 aromatic heterocycles. The minimum absolute atomic E-state index is 0.0629. The van der Waals surface area contributed by atoms with Crippen molar-refractivity contribution in [1.82, 2.24) is 15.4 Å². The van der Waals surface area contributed by atoms with Gasteiger partial charge >= 0.3 is 0 Å². The first-order valence-corrected chi connectivity index (χ1v) is 9.52. The van der Waals surface area contributed by atoms with E-state index in [1.807, 2.05) is 0 Å². The molecule has 8 nitrogen and oxygen atoms in total. The van der Waals surface area contributed by atoms with Crippen LogP contribution in [-0.4, -0.2) is 39.4 Å². The molecule has 4 rings (SSSR count). The van der Waals surface area contributed by atoms with Crippen LogP contribution in [0.3, 0.4) is 0 Å². The molecule has 0 radical (unpaired) electrons. The van der Waals surface area contributed by atoms with E-state index in [2.05, 4.69) is 20.5 Å². The zero-order chi connectivity index (χ0) is 22.0. The van der Waals surface area contributed by atoms with Crippen LogP contribution in [0, 0.1) is 0 Å². The highest BCUT2D eigenvalue weighted by Gasteiger charge is 2.12. The summed E-state index contributed by atoms with van der Waals surface area (Å²) in [7, 11) is 1.42. The number of benzene rings is 3. The van der Waals surface area contributed by atoms with Gasteiger partial charge in [-0.15, -0.1) is 0 Å². The van der Waals surface area contributed by atoms with Gasteiger partial charge in [-0.3, -0.25) is 4.79 Å². The number of ether oxygens (including phenoxy) is 1. The zero-order valence-electron chi connectivity index (χ0n) is 16.3. The normalized spacial score (nSPS) is 11.2. The molecule has 0 aliphatic rings. The number of fused-ring (bicyclic) bond motifs is 1. The molecule has 4 N–H and O–H groups in total. The second-order valence-electron chi connectivity index (χ2n) is 6.55. The van der Waals surface area contributed by atoms with Crippen molar-refractivity contribution in [3.8, 4) is 28.6 Å². The van der Waals surface area contributed by atoms with E-state index in [1.54, 1.807) is 54.6 Å². The molecule has 156 valence electrons. The number of hydrazone groups is 1. The number of nitrogens with one attached hydrogen (secondary N) is 2. The van der Waals surface area contributed by atoms with Gasteiger partial charge in [-0.25, -0.2) is 10.4 Å². The number of aromatic amines is 1. The van der Waals surface area contributed by atoms with Crippen molar-refractivity contribution in [1.29, 1.82) is 0 Å². The molecule has 0 saturated carbocycles. The summed E-state index contributed by atoms with van der Waals surface area (Å²) in [4.78, 5) is 20.0. The van der Waals surface area contributed by atoms with Crippen LogP contribution >= 0.6 is 11.6 Å². The predicted molar refractivity (Wildman–Crippen MR) is 118 cm³/mol. The van der Waals surface area contributed by atoms with Gasteiger partial charge in [-0.1, -0.05) is 23.7 Å². The van der Waals surface area contributed by atoms with E-state index in [0.29, 0.717) is 33.5 Å². The van der Waals surface area contributed by atoms with Gasteiger partial charge in [-0.2, -0.15) is 5.10 Å². The Labute approximate surface area is 181 Å². The first-order chi connectivity index (χ1) is 15.0. The molecular formula is C22H17ClN4O4. The van der Waals surface area contributed by atoms with E-state index in [0.717, 1.165) is 0 Å². The van der Waals surface area contributed by atoms with E-state index in [1.165, 1.54) is 13.3 Å². The standard InChI is InChI=1S/C22H17ClN4O4/c1-31-18-9-7-13(19(23)20(18)29)11-24-27-22(30)12-6-8-15-16(10-12)26-21(25-15)14-4-2-3-5-17(14)28/h2-11,28-29H,1H3,(H,25,26)(H,27,30)/b24-11+. The van der Waals surface area contributed by atoms with E-state index in [9.17, 15) is 15.0 Å². The largest absolute Gasteiger partial charge is 0.507 e. The van der Waals surface area contributed by atoms with Gasteiger partial charge in [-0.05, 0) is 42.5 Å². The maximum absolute atomic E-state index is 12.5. The number of methoxy groups -OCH3 is 1. The quantitative estimate of drug-likeness (QED) is 0.278. The minimum atomic E-state index is -0.439. The van der Waals surface area contributed by atoms with E-state index in [-0.39, 0.29) is 22.3 Å². The van der Waals surface area contributed by atoms with Crippen LogP contribution in [0.15, 0.2) is 59.7 Å². The molecule has 0 atom stereocenters. The summed E-state index contributed by atoms with van der Waals surface area (Å²) in [6.07, 6.45) is 1.32. The van der Waals surface area contributed by atoms with Crippen LogP contribution in [0.25, 0.3) is 22.4 Å². The summed E-state index contributed by atoms with van der Waals surface area (Å²) in [5.74, 6) is 0.201. The highest BCUT2D eigenvalue weighted by molar-refractivity contribution is 6.34. The number of H-pyrrole nitrogens is 1. The van der Waals surface area contributed by atoms with Crippen LogP contribution in [0.4, 0.5) is 0 Å². The molecule has 4 aromatic rings. The van der Waals surface area contributed by atoms with Gasteiger partial charge in [0.15, 0.2) is 11.5 Å². The number of imidazole rings is 1. The lowest BCUT2D eigenvalue weighted by molar-refractivity contribution is 0.0955. The third kappa shape index (κ3) is 4.01. The number of carbonyl (C=O) groups is 1.